The van der Waals surface area contributed by atoms with Gasteiger partial charge in [0.25, 0.3) is 0 Å². The van der Waals surface area contributed by atoms with Crippen molar-refractivity contribution in [2.45, 2.75) is 57.1 Å². The average Bonchev–Trinajstić information content (AvgIpc) is 3.41. The number of thioether (sulfide) groups is 1. The predicted molar refractivity (Wildman–Crippen MR) is 167 cm³/mol. The summed E-state index contributed by atoms with van der Waals surface area (Å²) < 4.78 is 32.4. The maximum Gasteiger partial charge on any atom is 0.187 e. The first-order valence-corrected chi connectivity index (χ1v) is 15.2. The van der Waals surface area contributed by atoms with E-state index in [4.69, 9.17) is 15.6 Å². The number of aliphatic hydroxyl groups is 1. The number of nitrogen functional groups attached to an aromatic ring is 1. The molecule has 0 amide bonds. The van der Waals surface area contributed by atoms with E-state index in [1.54, 1.807) is 19.2 Å². The zero-order valence-corrected chi connectivity index (χ0v) is 25.9. The molecule has 0 aliphatic heterocycles. The van der Waals surface area contributed by atoms with Crippen molar-refractivity contribution < 1.29 is 18.6 Å². The topological polar surface area (TPSA) is 141 Å². The van der Waals surface area contributed by atoms with Crippen molar-refractivity contribution in [3.8, 4) is 23.3 Å². The molecule has 4 rings (SSSR count). The molecule has 224 valence electrons. The summed E-state index contributed by atoms with van der Waals surface area (Å²) in [6, 6.07) is 15.6. The molecule has 0 aliphatic carbocycles. The lowest BCUT2D eigenvalue weighted by molar-refractivity contribution is -0.176. The minimum absolute atomic E-state index is 0.00964. The number of aryl methyl sites for hydroxylation is 1. The summed E-state index contributed by atoms with van der Waals surface area (Å²) in [5.74, 6) is -2.48. The SMILES string of the molecule is CCCCOC(C)(C)O.Cc1ccc(-c2c(C#N)c(N)nc(SCc3csc(Nc4cccc(F)c4F)n3)c2C#N)cc1. The summed E-state index contributed by atoms with van der Waals surface area (Å²) in [6.07, 6.45) is 2.13. The number of ether oxygens (including phenoxy) is 1. The molecular weight excluding hydrogens is 591 g/mol. The van der Waals surface area contributed by atoms with Crippen molar-refractivity contribution in [1.82, 2.24) is 9.97 Å². The van der Waals surface area contributed by atoms with Crippen LogP contribution in [-0.4, -0.2) is 27.5 Å². The number of nitrogens with two attached hydrogens (primary N) is 1. The van der Waals surface area contributed by atoms with E-state index in [1.807, 2.05) is 31.2 Å². The van der Waals surface area contributed by atoms with Gasteiger partial charge in [-0.25, -0.2) is 18.7 Å². The van der Waals surface area contributed by atoms with Crippen molar-refractivity contribution in [2.24, 2.45) is 0 Å². The number of pyridine rings is 1. The summed E-state index contributed by atoms with van der Waals surface area (Å²) in [5.41, 5.74) is 9.31. The van der Waals surface area contributed by atoms with Crippen LogP contribution in [0.3, 0.4) is 0 Å². The van der Waals surface area contributed by atoms with Crippen molar-refractivity contribution in [1.29, 1.82) is 10.5 Å². The lowest BCUT2D eigenvalue weighted by atomic mass is 9.96. The van der Waals surface area contributed by atoms with Gasteiger partial charge in [0.1, 0.15) is 28.5 Å². The summed E-state index contributed by atoms with van der Waals surface area (Å²) in [5, 5.41) is 33.9. The van der Waals surface area contributed by atoms with E-state index >= 15 is 0 Å². The zero-order valence-electron chi connectivity index (χ0n) is 24.2. The molecule has 4 N–H and O–H groups in total. The fourth-order valence-corrected chi connectivity index (χ4v) is 5.38. The van der Waals surface area contributed by atoms with Crippen LogP contribution in [0.5, 0.6) is 0 Å². The van der Waals surface area contributed by atoms with E-state index < -0.39 is 17.4 Å². The minimum atomic E-state index is -0.979. The van der Waals surface area contributed by atoms with E-state index in [2.05, 4.69) is 34.3 Å². The number of nitrogens with one attached hydrogen (secondary N) is 1. The van der Waals surface area contributed by atoms with E-state index in [0.717, 1.165) is 24.5 Å². The van der Waals surface area contributed by atoms with E-state index in [1.165, 1.54) is 35.2 Å². The number of nitrogens with zero attached hydrogens (tertiary/aromatic N) is 4. The fraction of sp³-hybridized carbons (Fsp3) is 0.290. The van der Waals surface area contributed by atoms with Crippen LogP contribution in [-0.2, 0) is 10.5 Å². The number of anilines is 3. The third-order valence-corrected chi connectivity index (χ3v) is 7.63. The van der Waals surface area contributed by atoms with Gasteiger partial charge in [-0.3, -0.25) is 0 Å². The van der Waals surface area contributed by atoms with Crippen LogP contribution >= 0.6 is 23.1 Å². The maximum atomic E-state index is 13.9. The first-order chi connectivity index (χ1) is 20.5. The van der Waals surface area contributed by atoms with E-state index in [0.29, 0.717) is 39.3 Å². The average molecular weight is 623 g/mol. The molecule has 2 aromatic heterocycles. The van der Waals surface area contributed by atoms with Gasteiger partial charge in [0.15, 0.2) is 22.6 Å². The third-order valence-electron chi connectivity index (χ3n) is 5.81. The number of hydrogen-bond acceptors (Lipinski definition) is 10. The van der Waals surface area contributed by atoms with Gasteiger partial charge in [-0.1, -0.05) is 61.0 Å². The molecule has 0 spiro atoms. The fourth-order valence-electron chi connectivity index (χ4n) is 3.67. The molecular formula is C31H32F2N6O2S2. The maximum absolute atomic E-state index is 13.9. The smallest absolute Gasteiger partial charge is 0.187 e. The van der Waals surface area contributed by atoms with Crippen molar-refractivity contribution in [3.05, 3.63) is 81.9 Å². The molecule has 12 heteroatoms. The Kier molecular flexibility index (Phi) is 12.0. The molecule has 4 aromatic rings. The molecule has 8 nitrogen and oxygen atoms in total. The van der Waals surface area contributed by atoms with Gasteiger partial charge in [-0.05, 0) is 44.9 Å². The first-order valence-electron chi connectivity index (χ1n) is 13.3. The van der Waals surface area contributed by atoms with Gasteiger partial charge >= 0.3 is 0 Å². The minimum Gasteiger partial charge on any atom is -0.383 e. The van der Waals surface area contributed by atoms with E-state index in [-0.39, 0.29) is 22.6 Å². The summed E-state index contributed by atoms with van der Waals surface area (Å²) >= 11 is 2.49. The predicted octanol–water partition coefficient (Wildman–Crippen LogP) is 7.68. The van der Waals surface area contributed by atoms with Crippen LogP contribution in [0.2, 0.25) is 0 Å². The molecule has 0 saturated carbocycles. The zero-order chi connectivity index (χ0) is 31.6. The van der Waals surface area contributed by atoms with Gasteiger partial charge in [0.2, 0.25) is 0 Å². The quantitative estimate of drug-likeness (QED) is 0.0922. The number of halogens is 2. The summed E-state index contributed by atoms with van der Waals surface area (Å²) in [4.78, 5) is 8.69. The molecule has 2 aromatic carbocycles. The van der Waals surface area contributed by atoms with Crippen molar-refractivity contribution >= 4 is 39.7 Å². The third kappa shape index (κ3) is 9.46. The molecule has 0 saturated heterocycles. The van der Waals surface area contributed by atoms with Crippen molar-refractivity contribution in [3.63, 3.8) is 0 Å². The molecule has 0 atom stereocenters. The Morgan fingerprint density at radius 1 is 1.09 bits per heavy atom. The van der Waals surface area contributed by atoms with Crippen molar-refractivity contribution in [2.75, 3.05) is 17.7 Å². The Balaban J connectivity index is 0.000000489. The van der Waals surface area contributed by atoms with Crippen LogP contribution < -0.4 is 11.1 Å². The highest BCUT2D eigenvalue weighted by atomic mass is 32.2. The van der Waals surface area contributed by atoms with Gasteiger partial charge < -0.3 is 20.9 Å². The van der Waals surface area contributed by atoms with Crippen LogP contribution in [0.25, 0.3) is 11.1 Å². The molecule has 0 fully saturated rings. The molecule has 0 aliphatic rings. The van der Waals surface area contributed by atoms with Crippen LogP contribution in [0.15, 0.2) is 52.9 Å². The second-order valence-electron chi connectivity index (χ2n) is 9.82. The highest BCUT2D eigenvalue weighted by Crippen LogP contribution is 2.37. The van der Waals surface area contributed by atoms with Gasteiger partial charge in [0.05, 0.1) is 16.9 Å². The molecule has 0 bridgehead atoms. The molecule has 2 heterocycles. The van der Waals surface area contributed by atoms with Gasteiger partial charge in [-0.15, -0.1) is 11.3 Å². The monoisotopic (exact) mass is 622 g/mol. The highest BCUT2D eigenvalue weighted by molar-refractivity contribution is 7.98. The second kappa shape index (κ2) is 15.4. The Morgan fingerprint density at radius 2 is 1.79 bits per heavy atom. The normalized spacial score (nSPS) is 10.8. The van der Waals surface area contributed by atoms with E-state index in [9.17, 15) is 19.3 Å². The Morgan fingerprint density at radius 3 is 2.42 bits per heavy atom. The number of aromatic nitrogens is 2. The number of thiazole rings is 1. The van der Waals surface area contributed by atoms with Crippen LogP contribution in [0.1, 0.15) is 56.0 Å². The standard InChI is InChI=1S/C24H16F2N6S2.C7H16O2/c1-13-5-7-14(8-6-13)20-16(9-27)22(29)32-23(17(20)10-28)33-11-15-12-34-24(30-15)31-19-4-2-3-18(25)21(19)26;1-4-5-6-9-7(2,3)8/h2-8,12H,11H2,1H3,(H2,29,32)(H,30,31);8H,4-6H2,1-3H3. The number of nitriles is 2. The number of rotatable bonds is 10. The molecule has 43 heavy (non-hydrogen) atoms. The number of unbranched alkanes of at least 4 members (excludes halogenated alkanes) is 1. The lowest BCUT2D eigenvalue weighted by Gasteiger charge is -2.17. The Labute approximate surface area is 258 Å². The Bertz CT molecular complexity index is 1620. The van der Waals surface area contributed by atoms with Crippen LogP contribution in [0.4, 0.5) is 25.4 Å². The number of hydrogen-bond donors (Lipinski definition) is 3. The first kappa shape index (κ1) is 33.4. The largest absolute Gasteiger partial charge is 0.383 e. The molecule has 0 radical (unpaired) electrons. The van der Waals surface area contributed by atoms with Gasteiger partial charge in [0, 0.05) is 23.3 Å². The van der Waals surface area contributed by atoms with Crippen LogP contribution in [0, 0.1) is 41.2 Å². The Hall–Kier alpha value is -4.07. The highest BCUT2D eigenvalue weighted by Gasteiger charge is 2.21. The summed E-state index contributed by atoms with van der Waals surface area (Å²) in [6.45, 7) is 7.97. The summed E-state index contributed by atoms with van der Waals surface area (Å²) in [7, 11) is 0. The number of benzene rings is 2. The second-order valence-corrected chi connectivity index (χ2v) is 11.6. The lowest BCUT2D eigenvalue weighted by Crippen LogP contribution is -2.23. The molecule has 0 unspecified atom stereocenters. The van der Waals surface area contributed by atoms with Gasteiger partial charge in [-0.2, -0.15) is 10.5 Å².